The maximum Gasteiger partial charge on any atom is 0.0621 e. The Labute approximate surface area is 118 Å². The monoisotopic (exact) mass is 285 g/mol. The molecule has 0 aromatic carbocycles. The summed E-state index contributed by atoms with van der Waals surface area (Å²) in [6, 6.07) is 2.28. The molecule has 1 fully saturated rings. The third kappa shape index (κ3) is 4.12. The lowest BCUT2D eigenvalue weighted by atomic mass is 9.91. The van der Waals surface area contributed by atoms with E-state index < -0.39 is 0 Å². The zero-order valence-electron chi connectivity index (χ0n) is 10.4. The van der Waals surface area contributed by atoms with E-state index in [0.717, 1.165) is 29.3 Å². The number of hydrazine groups is 1. The normalized spacial score (nSPS) is 18.8. The Bertz CT molecular complexity index is 369. The molecule has 0 amide bonds. The Morgan fingerprint density at radius 3 is 2.94 bits per heavy atom. The number of hydrogen-bond acceptors (Lipinski definition) is 4. The fourth-order valence-electron chi connectivity index (χ4n) is 2.43. The van der Waals surface area contributed by atoms with Gasteiger partial charge in [-0.15, -0.1) is 0 Å². The van der Waals surface area contributed by atoms with Gasteiger partial charge in [-0.1, -0.05) is 11.6 Å². The minimum absolute atomic E-state index is 0.304. The number of nitrogens with two attached hydrogens (primary N) is 1. The standard InChI is InChI=1S/C13H20ClN3S/c14-13-9-16-4-1-11(13)8-12(17-15)7-10-2-5-18-6-3-10/h1,4,9-10,12,17H,2-3,5-8,15H2. The van der Waals surface area contributed by atoms with Gasteiger partial charge in [0.05, 0.1) is 5.02 Å². The fraction of sp³-hybridized carbons (Fsp3) is 0.615. The molecule has 1 aromatic heterocycles. The van der Waals surface area contributed by atoms with Crippen LogP contribution in [0.2, 0.25) is 5.02 Å². The summed E-state index contributed by atoms with van der Waals surface area (Å²) in [6.45, 7) is 0. The van der Waals surface area contributed by atoms with Crippen molar-refractivity contribution in [1.82, 2.24) is 10.4 Å². The molecule has 1 saturated heterocycles. The lowest BCUT2D eigenvalue weighted by Gasteiger charge is -2.26. The van der Waals surface area contributed by atoms with Gasteiger partial charge in [-0.2, -0.15) is 11.8 Å². The first-order valence-electron chi connectivity index (χ1n) is 6.42. The van der Waals surface area contributed by atoms with Crippen molar-refractivity contribution in [2.45, 2.75) is 31.7 Å². The SMILES string of the molecule is NNC(Cc1ccncc1Cl)CC1CCSCC1. The van der Waals surface area contributed by atoms with E-state index in [1.165, 1.54) is 24.3 Å². The predicted molar refractivity (Wildman–Crippen MR) is 78.7 cm³/mol. The van der Waals surface area contributed by atoms with E-state index in [2.05, 4.69) is 22.2 Å². The van der Waals surface area contributed by atoms with Gasteiger partial charge in [0.1, 0.15) is 0 Å². The van der Waals surface area contributed by atoms with Crippen LogP contribution in [0.1, 0.15) is 24.8 Å². The van der Waals surface area contributed by atoms with Crippen molar-refractivity contribution < 1.29 is 0 Å². The number of nitrogens with one attached hydrogen (secondary N) is 1. The van der Waals surface area contributed by atoms with E-state index in [1.807, 2.05) is 6.07 Å². The van der Waals surface area contributed by atoms with Crippen LogP contribution in [0.15, 0.2) is 18.5 Å². The average Bonchev–Trinajstić information content (AvgIpc) is 2.41. The molecular weight excluding hydrogens is 266 g/mol. The summed E-state index contributed by atoms with van der Waals surface area (Å²) in [5.41, 5.74) is 4.06. The van der Waals surface area contributed by atoms with Crippen LogP contribution in [-0.2, 0) is 6.42 Å². The summed E-state index contributed by atoms with van der Waals surface area (Å²) >= 11 is 8.19. The Balaban J connectivity index is 1.90. The Kier molecular flexibility index (Phi) is 5.76. The van der Waals surface area contributed by atoms with Crippen LogP contribution in [0.4, 0.5) is 0 Å². The summed E-state index contributed by atoms with van der Waals surface area (Å²) in [5, 5.41) is 0.733. The first-order valence-corrected chi connectivity index (χ1v) is 7.95. The lowest BCUT2D eigenvalue weighted by molar-refractivity contribution is 0.365. The van der Waals surface area contributed by atoms with Crippen molar-refractivity contribution in [3.8, 4) is 0 Å². The highest BCUT2D eigenvalue weighted by Crippen LogP contribution is 2.27. The Morgan fingerprint density at radius 2 is 2.28 bits per heavy atom. The number of aromatic nitrogens is 1. The molecule has 3 N–H and O–H groups in total. The molecule has 1 aliphatic heterocycles. The molecule has 18 heavy (non-hydrogen) atoms. The highest BCUT2D eigenvalue weighted by atomic mass is 35.5. The molecule has 0 bridgehead atoms. The first-order chi connectivity index (χ1) is 8.79. The van der Waals surface area contributed by atoms with E-state index in [9.17, 15) is 0 Å². The van der Waals surface area contributed by atoms with Crippen LogP contribution in [-0.4, -0.2) is 22.5 Å². The summed E-state index contributed by atoms with van der Waals surface area (Å²) in [6.07, 6.45) is 8.12. The number of halogens is 1. The summed E-state index contributed by atoms with van der Waals surface area (Å²) in [5.74, 6) is 9.05. The van der Waals surface area contributed by atoms with Crippen LogP contribution >= 0.6 is 23.4 Å². The van der Waals surface area contributed by atoms with E-state index >= 15 is 0 Å². The molecule has 5 heteroatoms. The molecule has 1 atom stereocenters. The van der Waals surface area contributed by atoms with E-state index in [0.29, 0.717) is 6.04 Å². The molecule has 1 unspecified atom stereocenters. The minimum Gasteiger partial charge on any atom is -0.271 e. The van der Waals surface area contributed by atoms with E-state index in [4.69, 9.17) is 17.4 Å². The van der Waals surface area contributed by atoms with Gasteiger partial charge in [-0.05, 0) is 54.7 Å². The number of hydrogen-bond donors (Lipinski definition) is 2. The smallest absolute Gasteiger partial charge is 0.0621 e. The molecule has 2 rings (SSSR count). The van der Waals surface area contributed by atoms with Gasteiger partial charge in [0.15, 0.2) is 0 Å². The zero-order chi connectivity index (χ0) is 12.8. The molecule has 0 radical (unpaired) electrons. The van der Waals surface area contributed by atoms with Crippen molar-refractivity contribution in [3.63, 3.8) is 0 Å². The third-order valence-electron chi connectivity index (χ3n) is 3.52. The average molecular weight is 286 g/mol. The van der Waals surface area contributed by atoms with Crippen molar-refractivity contribution in [2.24, 2.45) is 11.8 Å². The topological polar surface area (TPSA) is 50.9 Å². The van der Waals surface area contributed by atoms with Gasteiger partial charge in [-0.25, -0.2) is 0 Å². The maximum atomic E-state index is 6.13. The van der Waals surface area contributed by atoms with Crippen LogP contribution in [0.25, 0.3) is 0 Å². The molecular formula is C13H20ClN3S. The van der Waals surface area contributed by atoms with Crippen LogP contribution < -0.4 is 11.3 Å². The quantitative estimate of drug-likeness (QED) is 0.645. The number of pyridine rings is 1. The zero-order valence-corrected chi connectivity index (χ0v) is 12.0. The number of rotatable bonds is 5. The van der Waals surface area contributed by atoms with Crippen LogP contribution in [0.3, 0.4) is 0 Å². The maximum absolute atomic E-state index is 6.13. The van der Waals surface area contributed by atoms with Crippen molar-refractivity contribution >= 4 is 23.4 Å². The number of nitrogens with zero attached hydrogens (tertiary/aromatic N) is 1. The molecule has 1 aliphatic rings. The molecule has 0 spiro atoms. The van der Waals surface area contributed by atoms with Crippen LogP contribution in [0, 0.1) is 5.92 Å². The summed E-state index contributed by atoms with van der Waals surface area (Å²) < 4.78 is 0. The molecule has 2 heterocycles. The second kappa shape index (κ2) is 7.34. The summed E-state index contributed by atoms with van der Waals surface area (Å²) in [7, 11) is 0. The van der Waals surface area contributed by atoms with Gasteiger partial charge in [-0.3, -0.25) is 16.3 Å². The highest BCUT2D eigenvalue weighted by molar-refractivity contribution is 7.99. The predicted octanol–water partition coefficient (Wildman–Crippen LogP) is 2.64. The van der Waals surface area contributed by atoms with Crippen molar-refractivity contribution in [1.29, 1.82) is 0 Å². The molecule has 1 aromatic rings. The molecule has 100 valence electrons. The van der Waals surface area contributed by atoms with Crippen molar-refractivity contribution in [3.05, 3.63) is 29.0 Å². The summed E-state index contributed by atoms with van der Waals surface area (Å²) in [4.78, 5) is 4.01. The fourth-order valence-corrected chi connectivity index (χ4v) is 3.83. The Hall–Kier alpha value is -0.290. The molecule has 0 aliphatic carbocycles. The minimum atomic E-state index is 0.304. The molecule has 0 saturated carbocycles. The van der Waals surface area contributed by atoms with Gasteiger partial charge >= 0.3 is 0 Å². The van der Waals surface area contributed by atoms with Crippen LogP contribution in [0.5, 0.6) is 0 Å². The lowest BCUT2D eigenvalue weighted by Crippen LogP contribution is -2.38. The Morgan fingerprint density at radius 1 is 1.50 bits per heavy atom. The van der Waals surface area contributed by atoms with Gasteiger partial charge in [0, 0.05) is 18.4 Å². The van der Waals surface area contributed by atoms with Gasteiger partial charge < -0.3 is 0 Å². The second-order valence-corrected chi connectivity index (χ2v) is 6.46. The second-order valence-electron chi connectivity index (χ2n) is 4.83. The van der Waals surface area contributed by atoms with Gasteiger partial charge in [0.2, 0.25) is 0 Å². The van der Waals surface area contributed by atoms with E-state index in [-0.39, 0.29) is 0 Å². The van der Waals surface area contributed by atoms with Gasteiger partial charge in [0.25, 0.3) is 0 Å². The number of thioether (sulfide) groups is 1. The van der Waals surface area contributed by atoms with E-state index in [1.54, 1.807) is 12.4 Å². The van der Waals surface area contributed by atoms with Crippen molar-refractivity contribution in [2.75, 3.05) is 11.5 Å². The highest BCUT2D eigenvalue weighted by Gasteiger charge is 2.19. The first kappa shape index (κ1) is 14.1. The molecule has 3 nitrogen and oxygen atoms in total. The largest absolute Gasteiger partial charge is 0.271 e. The third-order valence-corrected chi connectivity index (χ3v) is 4.91.